The van der Waals surface area contributed by atoms with Gasteiger partial charge in [0.15, 0.2) is 5.13 Å². The Bertz CT molecular complexity index is 506. The average molecular weight is 265 g/mol. The Morgan fingerprint density at radius 1 is 1.56 bits per heavy atom. The third-order valence-electron chi connectivity index (χ3n) is 3.07. The second kappa shape index (κ2) is 5.54. The lowest BCUT2D eigenvalue weighted by atomic mass is 10.2. The van der Waals surface area contributed by atoms with Gasteiger partial charge < -0.3 is 14.6 Å². The number of anilines is 1. The van der Waals surface area contributed by atoms with Crippen molar-refractivity contribution in [2.24, 2.45) is 0 Å². The van der Waals surface area contributed by atoms with Crippen molar-refractivity contribution in [3.8, 4) is 0 Å². The number of nitrogens with zero attached hydrogens (tertiary/aromatic N) is 2. The summed E-state index contributed by atoms with van der Waals surface area (Å²) in [6, 6.07) is 2.36. The monoisotopic (exact) mass is 265 g/mol. The molecule has 0 bridgehead atoms. The zero-order valence-corrected chi connectivity index (χ0v) is 12.0. The highest BCUT2D eigenvalue weighted by Gasteiger charge is 2.12. The van der Waals surface area contributed by atoms with Gasteiger partial charge in [-0.1, -0.05) is 0 Å². The van der Waals surface area contributed by atoms with Gasteiger partial charge in [-0.25, -0.2) is 4.98 Å². The summed E-state index contributed by atoms with van der Waals surface area (Å²) in [7, 11) is 4.02. The maximum absolute atomic E-state index is 5.31. The molecular weight excluding hydrogens is 246 g/mol. The van der Waals surface area contributed by atoms with E-state index >= 15 is 0 Å². The summed E-state index contributed by atoms with van der Waals surface area (Å²) in [5.41, 5.74) is 1.20. The molecule has 0 saturated heterocycles. The molecule has 1 atom stereocenters. The van der Waals surface area contributed by atoms with Crippen molar-refractivity contribution in [3.05, 3.63) is 34.7 Å². The van der Waals surface area contributed by atoms with E-state index < -0.39 is 0 Å². The van der Waals surface area contributed by atoms with E-state index in [1.54, 1.807) is 17.6 Å². The topological polar surface area (TPSA) is 41.3 Å². The largest absolute Gasteiger partial charge is 0.469 e. The smallest absolute Gasteiger partial charge is 0.185 e. The van der Waals surface area contributed by atoms with Crippen LogP contribution < -0.4 is 10.2 Å². The molecule has 0 aromatic carbocycles. The van der Waals surface area contributed by atoms with Gasteiger partial charge in [0.1, 0.15) is 5.76 Å². The number of hydrogen-bond donors (Lipinski definition) is 1. The van der Waals surface area contributed by atoms with Gasteiger partial charge in [0.2, 0.25) is 0 Å². The molecule has 0 spiro atoms. The Hall–Kier alpha value is -1.33. The van der Waals surface area contributed by atoms with Crippen LogP contribution in [0.5, 0.6) is 0 Å². The van der Waals surface area contributed by atoms with Gasteiger partial charge in [-0.05, 0) is 27.0 Å². The van der Waals surface area contributed by atoms with Crippen LogP contribution in [0.4, 0.5) is 5.13 Å². The first-order valence-corrected chi connectivity index (χ1v) is 6.80. The second-order valence-corrected chi connectivity index (χ2v) is 5.45. The van der Waals surface area contributed by atoms with E-state index in [2.05, 4.69) is 29.2 Å². The number of furan rings is 1. The van der Waals surface area contributed by atoms with Crippen LogP contribution >= 0.6 is 11.3 Å². The lowest BCUT2D eigenvalue weighted by Gasteiger charge is -2.15. The lowest BCUT2D eigenvalue weighted by Crippen LogP contribution is -2.16. The predicted molar refractivity (Wildman–Crippen MR) is 75.1 cm³/mol. The molecule has 2 rings (SSSR count). The van der Waals surface area contributed by atoms with Crippen LogP contribution in [0.2, 0.25) is 0 Å². The minimum atomic E-state index is 0.348. The summed E-state index contributed by atoms with van der Waals surface area (Å²) in [5, 5.41) is 4.26. The second-order valence-electron chi connectivity index (χ2n) is 4.41. The van der Waals surface area contributed by atoms with Crippen LogP contribution in [0, 0.1) is 6.92 Å². The highest BCUT2D eigenvalue weighted by molar-refractivity contribution is 7.15. The van der Waals surface area contributed by atoms with Crippen molar-refractivity contribution < 1.29 is 4.42 Å². The molecule has 0 amide bonds. The first kappa shape index (κ1) is 13.1. The van der Waals surface area contributed by atoms with Crippen molar-refractivity contribution in [2.45, 2.75) is 26.4 Å². The molecule has 0 aliphatic rings. The van der Waals surface area contributed by atoms with E-state index in [-0.39, 0.29) is 0 Å². The maximum atomic E-state index is 5.31. The molecular formula is C13H19N3OS. The number of nitrogens with one attached hydrogen (secondary N) is 1. The van der Waals surface area contributed by atoms with Crippen LogP contribution in [-0.4, -0.2) is 19.1 Å². The molecule has 1 unspecified atom stereocenters. The predicted octanol–water partition coefficient (Wildman–Crippen LogP) is 2.96. The molecule has 4 nitrogen and oxygen atoms in total. The quantitative estimate of drug-likeness (QED) is 0.902. The summed E-state index contributed by atoms with van der Waals surface area (Å²) in [4.78, 5) is 7.87. The van der Waals surface area contributed by atoms with Crippen LogP contribution in [0.15, 0.2) is 22.9 Å². The van der Waals surface area contributed by atoms with E-state index in [0.717, 1.165) is 17.4 Å². The fourth-order valence-corrected chi connectivity index (χ4v) is 2.63. The highest BCUT2D eigenvalue weighted by Crippen LogP contribution is 2.27. The van der Waals surface area contributed by atoms with Crippen molar-refractivity contribution >= 4 is 16.5 Å². The maximum Gasteiger partial charge on any atom is 0.185 e. The molecule has 0 radical (unpaired) electrons. The van der Waals surface area contributed by atoms with Crippen LogP contribution in [-0.2, 0) is 6.54 Å². The van der Waals surface area contributed by atoms with Crippen LogP contribution in [0.1, 0.15) is 29.2 Å². The van der Waals surface area contributed by atoms with Crippen molar-refractivity contribution in [3.63, 3.8) is 0 Å². The molecule has 1 N–H and O–H groups in total. The Kier molecular flexibility index (Phi) is 4.04. The minimum absolute atomic E-state index is 0.348. The zero-order chi connectivity index (χ0) is 13.1. The SMILES string of the molecule is CNC(C)c1cnc(N(C)Cc2ccoc2C)s1. The minimum Gasteiger partial charge on any atom is -0.469 e. The molecule has 0 fully saturated rings. The van der Waals surface area contributed by atoms with Gasteiger partial charge in [0, 0.05) is 36.3 Å². The van der Waals surface area contributed by atoms with Crippen LogP contribution in [0.25, 0.3) is 0 Å². The molecule has 18 heavy (non-hydrogen) atoms. The molecule has 98 valence electrons. The van der Waals surface area contributed by atoms with Gasteiger partial charge in [0.25, 0.3) is 0 Å². The molecule has 2 aromatic heterocycles. The van der Waals surface area contributed by atoms with E-state index in [0.29, 0.717) is 6.04 Å². The first-order valence-electron chi connectivity index (χ1n) is 5.99. The summed E-state index contributed by atoms with van der Waals surface area (Å²) < 4.78 is 5.31. The van der Waals surface area contributed by atoms with Crippen molar-refractivity contribution in [2.75, 3.05) is 19.0 Å². The molecule has 2 heterocycles. The fraction of sp³-hybridized carbons (Fsp3) is 0.462. The van der Waals surface area contributed by atoms with E-state index in [9.17, 15) is 0 Å². The van der Waals surface area contributed by atoms with E-state index in [1.807, 2.05) is 26.2 Å². The summed E-state index contributed by atoms with van der Waals surface area (Å²) in [5.74, 6) is 0.974. The number of rotatable bonds is 5. The number of aryl methyl sites for hydroxylation is 1. The Morgan fingerprint density at radius 3 is 2.94 bits per heavy atom. The summed E-state index contributed by atoms with van der Waals surface area (Å²) in [6.45, 7) is 4.94. The third kappa shape index (κ3) is 2.73. The average Bonchev–Trinajstić information content (AvgIpc) is 2.98. The Morgan fingerprint density at radius 2 is 2.33 bits per heavy atom. The molecule has 0 aliphatic heterocycles. The van der Waals surface area contributed by atoms with Gasteiger partial charge >= 0.3 is 0 Å². The van der Waals surface area contributed by atoms with Gasteiger partial charge in [-0.15, -0.1) is 11.3 Å². The van der Waals surface area contributed by atoms with Crippen LogP contribution in [0.3, 0.4) is 0 Å². The van der Waals surface area contributed by atoms with Crippen molar-refractivity contribution in [1.29, 1.82) is 0 Å². The molecule has 5 heteroatoms. The highest BCUT2D eigenvalue weighted by atomic mass is 32.1. The molecule has 2 aromatic rings. The zero-order valence-electron chi connectivity index (χ0n) is 11.2. The first-order chi connectivity index (χ1) is 8.61. The number of thiazole rings is 1. The lowest BCUT2D eigenvalue weighted by molar-refractivity contribution is 0.529. The Balaban J connectivity index is 2.07. The van der Waals surface area contributed by atoms with Gasteiger partial charge in [-0.2, -0.15) is 0 Å². The molecule has 0 aliphatic carbocycles. The fourth-order valence-electron chi connectivity index (χ4n) is 1.69. The Labute approximate surface area is 112 Å². The normalized spacial score (nSPS) is 12.7. The third-order valence-corrected chi connectivity index (χ3v) is 4.37. The van der Waals surface area contributed by atoms with Gasteiger partial charge in [-0.3, -0.25) is 0 Å². The number of hydrogen-bond acceptors (Lipinski definition) is 5. The van der Waals surface area contributed by atoms with Crippen molar-refractivity contribution in [1.82, 2.24) is 10.3 Å². The van der Waals surface area contributed by atoms with E-state index in [1.165, 1.54) is 10.4 Å². The number of aromatic nitrogens is 1. The standard InChI is InChI=1S/C13H19N3OS/c1-9(14-3)12-7-15-13(18-12)16(4)8-11-5-6-17-10(11)2/h5-7,9,14H,8H2,1-4H3. The van der Waals surface area contributed by atoms with Gasteiger partial charge in [0.05, 0.1) is 6.26 Å². The summed E-state index contributed by atoms with van der Waals surface area (Å²) >= 11 is 1.72. The molecule has 0 saturated carbocycles. The summed E-state index contributed by atoms with van der Waals surface area (Å²) in [6.07, 6.45) is 3.68. The van der Waals surface area contributed by atoms with E-state index in [4.69, 9.17) is 4.42 Å².